The van der Waals surface area contributed by atoms with Crippen LogP contribution < -0.4 is 20.0 Å². The fourth-order valence-corrected chi connectivity index (χ4v) is 10.2. The maximum absolute atomic E-state index is 13.5. The molecular weight excluding hydrogens is 746 g/mol. The molecule has 0 radical (unpaired) electrons. The molecule has 1 spiro atoms. The van der Waals surface area contributed by atoms with E-state index in [4.69, 9.17) is 23.2 Å². The molecular formula is C42H44ClN9O5. The van der Waals surface area contributed by atoms with E-state index in [1.54, 1.807) is 24.5 Å². The largest absolute Gasteiger partial charge is 0.371 e. The lowest BCUT2D eigenvalue weighted by molar-refractivity contribution is -0.136. The van der Waals surface area contributed by atoms with Crippen molar-refractivity contribution in [3.05, 3.63) is 82.1 Å². The van der Waals surface area contributed by atoms with E-state index >= 15 is 0 Å². The van der Waals surface area contributed by atoms with Crippen LogP contribution in [0.2, 0.25) is 5.02 Å². The molecule has 1 aromatic heterocycles. The van der Waals surface area contributed by atoms with Crippen molar-refractivity contribution in [2.45, 2.75) is 64.0 Å². The highest BCUT2D eigenvalue weighted by atomic mass is 35.5. The monoisotopic (exact) mass is 789 g/mol. The first kappa shape index (κ1) is 37.1. The summed E-state index contributed by atoms with van der Waals surface area (Å²) in [7, 11) is 0. The van der Waals surface area contributed by atoms with E-state index < -0.39 is 29.7 Å². The lowest BCUT2D eigenvalue weighted by atomic mass is 9.77. The minimum Gasteiger partial charge on any atom is -0.371 e. The number of anilines is 3. The molecule has 7 heterocycles. The summed E-state index contributed by atoms with van der Waals surface area (Å²) >= 11 is 6.37. The van der Waals surface area contributed by atoms with Crippen LogP contribution in [0.25, 0.3) is 4.85 Å². The summed E-state index contributed by atoms with van der Waals surface area (Å²) in [4.78, 5) is 86.4. The van der Waals surface area contributed by atoms with Gasteiger partial charge in [0.1, 0.15) is 17.6 Å². The molecule has 5 saturated heterocycles. The Morgan fingerprint density at radius 1 is 0.877 bits per heavy atom. The SMILES string of the molecule is [C-]#[N+]c1ccc(N2CC3(CCN(c4cnc(C(=O)N5CCC(C6CN(c7ccc8c(c7)C(=O)N(C7CCC(=O)NC7=O)C8=O)C6)CC5)cn4)CC3)C[C@@H]2C)cc1Cl. The van der Waals surface area contributed by atoms with Crippen molar-refractivity contribution in [3.63, 3.8) is 0 Å². The number of nitrogens with zero attached hydrogens (tertiary/aromatic N) is 8. The Labute approximate surface area is 336 Å². The second-order valence-corrected chi connectivity index (χ2v) is 17.1. The Bertz CT molecular complexity index is 2200. The topological polar surface area (TPSA) is 144 Å². The molecule has 0 aliphatic carbocycles. The molecule has 6 aliphatic rings. The number of imide groups is 2. The molecule has 57 heavy (non-hydrogen) atoms. The highest BCUT2D eigenvalue weighted by Crippen LogP contribution is 2.46. The van der Waals surface area contributed by atoms with Crippen molar-refractivity contribution in [1.82, 2.24) is 25.1 Å². The number of amides is 5. The number of hydrogen-bond acceptors (Lipinski definition) is 10. The van der Waals surface area contributed by atoms with Gasteiger partial charge in [0.2, 0.25) is 17.5 Å². The van der Waals surface area contributed by atoms with Gasteiger partial charge >= 0.3 is 0 Å². The fourth-order valence-electron chi connectivity index (χ4n) is 10.0. The van der Waals surface area contributed by atoms with Gasteiger partial charge in [0.15, 0.2) is 0 Å². The molecule has 3 aromatic rings. The van der Waals surface area contributed by atoms with Gasteiger partial charge in [-0.15, -0.1) is 0 Å². The quantitative estimate of drug-likeness (QED) is 0.269. The van der Waals surface area contributed by atoms with E-state index in [-0.39, 0.29) is 35.3 Å². The molecule has 5 fully saturated rings. The van der Waals surface area contributed by atoms with Gasteiger partial charge in [0.25, 0.3) is 17.7 Å². The van der Waals surface area contributed by atoms with Crippen molar-refractivity contribution in [1.29, 1.82) is 0 Å². The summed E-state index contributed by atoms with van der Waals surface area (Å²) < 4.78 is 0. The van der Waals surface area contributed by atoms with E-state index in [9.17, 15) is 24.0 Å². The summed E-state index contributed by atoms with van der Waals surface area (Å²) in [5.74, 6) is -0.380. The first-order chi connectivity index (χ1) is 27.5. The third kappa shape index (κ3) is 6.65. The molecule has 2 aromatic carbocycles. The third-order valence-electron chi connectivity index (χ3n) is 13.3. The van der Waals surface area contributed by atoms with Crippen LogP contribution >= 0.6 is 11.6 Å². The summed E-state index contributed by atoms with van der Waals surface area (Å²) in [6.45, 7) is 15.2. The van der Waals surface area contributed by atoms with Crippen LogP contribution in [0.4, 0.5) is 22.9 Å². The number of hydrogen-bond donors (Lipinski definition) is 1. The van der Waals surface area contributed by atoms with Crippen LogP contribution in [-0.4, -0.2) is 107 Å². The zero-order valence-corrected chi connectivity index (χ0v) is 32.6. The first-order valence-electron chi connectivity index (χ1n) is 19.9. The van der Waals surface area contributed by atoms with Gasteiger partial charge < -0.3 is 19.6 Å². The zero-order valence-electron chi connectivity index (χ0n) is 31.8. The van der Waals surface area contributed by atoms with Crippen molar-refractivity contribution < 1.29 is 24.0 Å². The van der Waals surface area contributed by atoms with Crippen LogP contribution in [0, 0.1) is 23.8 Å². The fraction of sp³-hybridized carbons (Fsp3) is 0.476. The van der Waals surface area contributed by atoms with Crippen molar-refractivity contribution in [2.24, 2.45) is 17.3 Å². The van der Waals surface area contributed by atoms with E-state index in [0.717, 1.165) is 86.9 Å². The van der Waals surface area contributed by atoms with Crippen LogP contribution in [0.1, 0.15) is 83.1 Å². The number of rotatable bonds is 6. The van der Waals surface area contributed by atoms with E-state index in [0.29, 0.717) is 47.4 Å². The first-order valence-corrected chi connectivity index (χ1v) is 20.3. The number of nitrogens with one attached hydrogen (secondary N) is 1. The predicted molar refractivity (Wildman–Crippen MR) is 212 cm³/mol. The number of piperidine rings is 3. The second kappa shape index (κ2) is 14.4. The molecule has 1 N–H and O–H groups in total. The van der Waals surface area contributed by atoms with Gasteiger partial charge in [-0.3, -0.25) is 34.2 Å². The molecule has 0 bridgehead atoms. The molecule has 6 aliphatic heterocycles. The van der Waals surface area contributed by atoms with Crippen molar-refractivity contribution in [3.8, 4) is 0 Å². The van der Waals surface area contributed by atoms with Crippen LogP contribution in [-0.2, 0) is 9.59 Å². The third-order valence-corrected chi connectivity index (χ3v) is 13.6. The molecule has 5 amide bonds. The average Bonchev–Trinajstić information content (AvgIpc) is 3.65. The van der Waals surface area contributed by atoms with Crippen molar-refractivity contribution in [2.75, 3.05) is 60.5 Å². The van der Waals surface area contributed by atoms with E-state index in [1.165, 1.54) is 0 Å². The Morgan fingerprint density at radius 3 is 2.30 bits per heavy atom. The predicted octanol–water partition coefficient (Wildman–Crippen LogP) is 4.96. The summed E-state index contributed by atoms with van der Waals surface area (Å²) in [5, 5.41) is 2.73. The van der Waals surface area contributed by atoms with E-state index in [1.807, 2.05) is 29.2 Å². The minimum atomic E-state index is -0.983. The van der Waals surface area contributed by atoms with Gasteiger partial charge in [0, 0.05) is 74.7 Å². The smallest absolute Gasteiger partial charge is 0.274 e. The van der Waals surface area contributed by atoms with Crippen LogP contribution in [0.5, 0.6) is 0 Å². The summed E-state index contributed by atoms with van der Waals surface area (Å²) in [6.07, 6.45) is 8.55. The molecule has 0 saturated carbocycles. The highest BCUT2D eigenvalue weighted by molar-refractivity contribution is 6.33. The van der Waals surface area contributed by atoms with E-state index in [2.05, 4.69) is 36.8 Å². The molecule has 2 atom stereocenters. The highest BCUT2D eigenvalue weighted by Gasteiger charge is 2.46. The standard InChI is InChI=1S/C42H44ClN9O5/c1-25-19-42(24-51(25)29-4-6-33(44-2)32(43)18-29)11-15-48(16-12-42)36-21-45-34(20-46-36)41(57)49-13-9-26(10-14-49)27-22-50(23-27)28-3-5-30-31(17-28)40(56)52(39(30)55)35-7-8-37(53)47-38(35)54/h3-6,17-18,20-21,25-27,35H,7-16,19,22-24H2,1H3,(H,47,53,54)/t25-,35?/m0/s1. The maximum Gasteiger partial charge on any atom is 0.274 e. The Morgan fingerprint density at radius 2 is 1.61 bits per heavy atom. The average molecular weight is 790 g/mol. The summed E-state index contributed by atoms with van der Waals surface area (Å²) in [5.41, 5.74) is 3.55. The lowest BCUT2D eigenvalue weighted by Crippen LogP contribution is -2.54. The zero-order chi connectivity index (χ0) is 39.6. The van der Waals surface area contributed by atoms with Crippen LogP contribution in [0.3, 0.4) is 0 Å². The van der Waals surface area contributed by atoms with Gasteiger partial charge in [-0.25, -0.2) is 14.8 Å². The molecule has 1 unspecified atom stereocenters. The number of carbonyl (C=O) groups excluding carboxylic acids is 5. The molecule has 294 valence electrons. The van der Waals surface area contributed by atoms with Gasteiger partial charge in [-0.2, -0.15) is 0 Å². The Balaban J connectivity index is 0.741. The lowest BCUT2D eigenvalue weighted by Gasteiger charge is -2.47. The molecule has 9 rings (SSSR count). The van der Waals surface area contributed by atoms with Crippen molar-refractivity contribution >= 4 is 64.0 Å². The molecule has 15 heteroatoms. The number of benzene rings is 2. The number of halogens is 1. The van der Waals surface area contributed by atoms with Gasteiger partial charge in [-0.1, -0.05) is 17.7 Å². The van der Waals surface area contributed by atoms with Crippen LogP contribution in [0.15, 0.2) is 48.8 Å². The summed E-state index contributed by atoms with van der Waals surface area (Å²) in [6, 6.07) is 10.4. The maximum atomic E-state index is 13.5. The number of aromatic nitrogens is 2. The number of carbonyl (C=O) groups is 5. The Kier molecular flexibility index (Phi) is 9.38. The normalized spacial score (nSPS) is 23.8. The number of likely N-dealkylation sites (tertiary alicyclic amines) is 1. The number of fused-ring (bicyclic) bond motifs is 1. The van der Waals surface area contributed by atoms with Gasteiger partial charge in [0.05, 0.1) is 30.1 Å². The second-order valence-electron chi connectivity index (χ2n) is 16.6. The minimum absolute atomic E-state index is 0.0835. The molecule has 14 nitrogen and oxygen atoms in total. The van der Waals surface area contributed by atoms with Gasteiger partial charge in [-0.05, 0) is 93.0 Å². The Hall–Kier alpha value is -5.55.